The van der Waals surface area contributed by atoms with Crippen LogP contribution in [0, 0.1) is 5.92 Å². The van der Waals surface area contributed by atoms with E-state index in [1.165, 1.54) is 6.07 Å². The summed E-state index contributed by atoms with van der Waals surface area (Å²) in [5.74, 6) is -0.973. The van der Waals surface area contributed by atoms with Crippen molar-refractivity contribution in [2.75, 3.05) is 5.32 Å². The number of aromatic carboxylic acids is 1. The molecule has 1 heterocycles. The van der Waals surface area contributed by atoms with Crippen LogP contribution in [0.2, 0.25) is 0 Å². The molecular formula is C12H13NO3S. The minimum Gasteiger partial charge on any atom is -0.477 e. The van der Waals surface area contributed by atoms with Crippen molar-refractivity contribution in [1.29, 1.82) is 0 Å². The highest BCUT2D eigenvalue weighted by Gasteiger charge is 2.19. The third-order valence-corrected chi connectivity index (χ3v) is 3.69. The fourth-order valence-electron chi connectivity index (χ4n) is 1.78. The lowest BCUT2D eigenvalue weighted by Gasteiger charge is -2.16. The van der Waals surface area contributed by atoms with Gasteiger partial charge in [-0.05, 0) is 31.4 Å². The van der Waals surface area contributed by atoms with E-state index in [1.807, 2.05) is 6.08 Å². The third kappa shape index (κ3) is 2.94. The molecule has 1 aromatic rings. The molecule has 1 aliphatic rings. The van der Waals surface area contributed by atoms with Gasteiger partial charge in [-0.3, -0.25) is 4.79 Å². The van der Waals surface area contributed by atoms with E-state index in [9.17, 15) is 9.59 Å². The number of hydrogen-bond acceptors (Lipinski definition) is 3. The van der Waals surface area contributed by atoms with Gasteiger partial charge in [0, 0.05) is 5.92 Å². The fraction of sp³-hybridized carbons (Fsp3) is 0.333. The van der Waals surface area contributed by atoms with Crippen LogP contribution in [0.5, 0.6) is 0 Å². The van der Waals surface area contributed by atoms with Crippen molar-refractivity contribution in [2.24, 2.45) is 5.92 Å². The average Bonchev–Trinajstić information content (AvgIpc) is 2.79. The minimum absolute atomic E-state index is 0.00961. The van der Waals surface area contributed by atoms with Crippen LogP contribution >= 0.6 is 11.3 Å². The number of rotatable bonds is 3. The van der Waals surface area contributed by atoms with Gasteiger partial charge < -0.3 is 10.4 Å². The van der Waals surface area contributed by atoms with Gasteiger partial charge in [-0.2, -0.15) is 0 Å². The van der Waals surface area contributed by atoms with Gasteiger partial charge in [0.25, 0.3) is 0 Å². The van der Waals surface area contributed by atoms with Gasteiger partial charge in [0.2, 0.25) is 5.91 Å². The molecule has 1 aromatic heterocycles. The lowest BCUT2D eigenvalue weighted by atomic mass is 9.94. The lowest BCUT2D eigenvalue weighted by molar-refractivity contribution is -0.120. The zero-order valence-corrected chi connectivity index (χ0v) is 10.00. The molecule has 0 aromatic carbocycles. The summed E-state index contributed by atoms with van der Waals surface area (Å²) in [7, 11) is 0. The maximum absolute atomic E-state index is 11.9. The van der Waals surface area contributed by atoms with E-state index >= 15 is 0 Å². The Morgan fingerprint density at radius 3 is 2.76 bits per heavy atom. The summed E-state index contributed by atoms with van der Waals surface area (Å²) in [5, 5.41) is 12.1. The molecule has 2 rings (SSSR count). The van der Waals surface area contributed by atoms with Gasteiger partial charge in [-0.25, -0.2) is 4.79 Å². The maximum Gasteiger partial charge on any atom is 0.345 e. The normalized spacial score (nSPS) is 18.9. The second kappa shape index (κ2) is 5.14. The number of carbonyl (C=O) groups is 2. The summed E-state index contributed by atoms with van der Waals surface area (Å²) in [6.07, 6.45) is 6.66. The number of hydrogen-bond donors (Lipinski definition) is 2. The molecule has 0 saturated heterocycles. The van der Waals surface area contributed by atoms with Crippen LogP contribution in [0.3, 0.4) is 0 Å². The van der Waals surface area contributed by atoms with Gasteiger partial charge in [0.1, 0.15) is 4.88 Å². The molecule has 0 spiro atoms. The first-order valence-electron chi connectivity index (χ1n) is 5.46. The third-order valence-electron chi connectivity index (χ3n) is 2.70. The summed E-state index contributed by atoms with van der Waals surface area (Å²) in [6, 6.07) is 3.13. The summed E-state index contributed by atoms with van der Waals surface area (Å²) < 4.78 is 0. The second-order valence-corrected chi connectivity index (χ2v) is 5.02. The van der Waals surface area contributed by atoms with Gasteiger partial charge in [0.05, 0.1) is 5.00 Å². The number of carboxylic acid groups (broad SMARTS) is 1. The fourth-order valence-corrected chi connectivity index (χ4v) is 2.52. The number of allylic oxidation sites excluding steroid dienone is 2. The van der Waals surface area contributed by atoms with Crippen LogP contribution < -0.4 is 5.32 Å². The van der Waals surface area contributed by atoms with Crippen molar-refractivity contribution in [3.8, 4) is 0 Å². The zero-order valence-electron chi connectivity index (χ0n) is 9.18. The second-order valence-electron chi connectivity index (χ2n) is 3.94. The molecule has 2 N–H and O–H groups in total. The quantitative estimate of drug-likeness (QED) is 0.812. The van der Waals surface area contributed by atoms with E-state index in [-0.39, 0.29) is 16.7 Å². The van der Waals surface area contributed by atoms with E-state index in [1.54, 1.807) is 6.07 Å². The highest BCUT2D eigenvalue weighted by atomic mass is 32.1. The van der Waals surface area contributed by atoms with E-state index in [0.717, 1.165) is 30.6 Å². The molecule has 90 valence electrons. The first-order chi connectivity index (χ1) is 8.16. The molecule has 1 unspecified atom stereocenters. The summed E-state index contributed by atoms with van der Waals surface area (Å²) in [6.45, 7) is 0. The standard InChI is InChI=1S/C12H13NO3S/c14-11(8-4-2-1-3-5-8)13-10-7-6-9(17-10)12(15)16/h1-2,6-8H,3-5H2,(H,13,14)(H,15,16). The SMILES string of the molecule is O=C(O)c1ccc(NC(=O)C2CC=CCC2)s1. The highest BCUT2D eigenvalue weighted by Crippen LogP contribution is 2.25. The maximum atomic E-state index is 11.9. The minimum atomic E-state index is -0.962. The number of amides is 1. The van der Waals surface area contributed by atoms with Gasteiger partial charge in [-0.1, -0.05) is 12.2 Å². The van der Waals surface area contributed by atoms with E-state index in [0.29, 0.717) is 5.00 Å². The molecule has 0 radical (unpaired) electrons. The molecule has 17 heavy (non-hydrogen) atoms. The first kappa shape index (κ1) is 11.9. The molecule has 0 saturated carbocycles. The Morgan fingerprint density at radius 1 is 1.35 bits per heavy atom. The number of anilines is 1. The van der Waals surface area contributed by atoms with Crippen LogP contribution in [0.25, 0.3) is 0 Å². The lowest BCUT2D eigenvalue weighted by Crippen LogP contribution is -2.22. The molecule has 1 amide bonds. The first-order valence-corrected chi connectivity index (χ1v) is 6.27. The van der Waals surface area contributed by atoms with Crippen molar-refractivity contribution in [3.05, 3.63) is 29.2 Å². The summed E-state index contributed by atoms with van der Waals surface area (Å²) >= 11 is 1.08. The molecule has 0 fully saturated rings. The summed E-state index contributed by atoms with van der Waals surface area (Å²) in [4.78, 5) is 22.8. The molecule has 4 nitrogen and oxygen atoms in total. The van der Waals surface area contributed by atoms with Gasteiger partial charge >= 0.3 is 5.97 Å². The van der Waals surface area contributed by atoms with Crippen LogP contribution in [-0.2, 0) is 4.79 Å². The van der Waals surface area contributed by atoms with E-state index in [2.05, 4.69) is 11.4 Å². The molecule has 0 bridgehead atoms. The van der Waals surface area contributed by atoms with E-state index < -0.39 is 5.97 Å². The van der Waals surface area contributed by atoms with Crippen molar-refractivity contribution in [3.63, 3.8) is 0 Å². The predicted molar refractivity (Wildman–Crippen MR) is 66.4 cm³/mol. The van der Waals surface area contributed by atoms with Crippen LogP contribution in [0.4, 0.5) is 5.00 Å². The number of carboxylic acids is 1. The van der Waals surface area contributed by atoms with E-state index in [4.69, 9.17) is 5.11 Å². The Hall–Kier alpha value is -1.62. The highest BCUT2D eigenvalue weighted by molar-refractivity contribution is 7.18. The van der Waals surface area contributed by atoms with Crippen molar-refractivity contribution < 1.29 is 14.7 Å². The molecule has 5 heteroatoms. The molecular weight excluding hydrogens is 238 g/mol. The monoisotopic (exact) mass is 251 g/mol. The zero-order chi connectivity index (χ0) is 12.3. The van der Waals surface area contributed by atoms with Crippen LogP contribution in [0.15, 0.2) is 24.3 Å². The van der Waals surface area contributed by atoms with Crippen molar-refractivity contribution in [2.45, 2.75) is 19.3 Å². The van der Waals surface area contributed by atoms with Crippen molar-refractivity contribution in [1.82, 2.24) is 0 Å². The number of carbonyl (C=O) groups excluding carboxylic acids is 1. The van der Waals surface area contributed by atoms with Crippen LogP contribution in [-0.4, -0.2) is 17.0 Å². The Kier molecular flexibility index (Phi) is 3.58. The average molecular weight is 251 g/mol. The summed E-state index contributed by atoms with van der Waals surface area (Å²) in [5.41, 5.74) is 0. The van der Waals surface area contributed by atoms with Crippen molar-refractivity contribution >= 4 is 28.2 Å². The number of thiophene rings is 1. The van der Waals surface area contributed by atoms with Gasteiger partial charge in [0.15, 0.2) is 0 Å². The van der Waals surface area contributed by atoms with Gasteiger partial charge in [-0.15, -0.1) is 11.3 Å². The largest absolute Gasteiger partial charge is 0.477 e. The Morgan fingerprint density at radius 2 is 2.18 bits per heavy atom. The Balaban J connectivity index is 1.97. The Labute approximate surface area is 103 Å². The predicted octanol–water partition coefficient (Wildman–Crippen LogP) is 2.74. The van der Waals surface area contributed by atoms with Crippen LogP contribution in [0.1, 0.15) is 28.9 Å². The molecule has 0 aliphatic heterocycles. The molecule has 1 aliphatic carbocycles. The molecule has 1 atom stereocenters. The Bertz CT molecular complexity index is 464. The smallest absolute Gasteiger partial charge is 0.345 e. The topological polar surface area (TPSA) is 66.4 Å². The number of nitrogens with one attached hydrogen (secondary N) is 1.